The Kier molecular flexibility index (Phi) is 4.40. The molecule has 2 aromatic heterocycles. The average Bonchev–Trinajstić information content (AvgIpc) is 2.77. The van der Waals surface area contributed by atoms with E-state index in [0.717, 1.165) is 16.9 Å². The predicted molar refractivity (Wildman–Crippen MR) is 78.5 cm³/mol. The number of ether oxygens (including phenoxy) is 2. The second kappa shape index (κ2) is 5.89. The summed E-state index contributed by atoms with van der Waals surface area (Å²) in [7, 11) is 0. The van der Waals surface area contributed by atoms with E-state index in [1.807, 2.05) is 19.9 Å². The van der Waals surface area contributed by atoms with Gasteiger partial charge in [0.15, 0.2) is 5.82 Å². The van der Waals surface area contributed by atoms with Crippen LogP contribution in [-0.4, -0.2) is 27.7 Å². The molecule has 5 heteroatoms. The highest BCUT2D eigenvalue weighted by molar-refractivity contribution is 5.75. The molecule has 0 N–H and O–H groups in total. The number of hydrogen-bond acceptors (Lipinski definition) is 4. The highest BCUT2D eigenvalue weighted by Gasteiger charge is 2.27. The van der Waals surface area contributed by atoms with Gasteiger partial charge in [-0.1, -0.05) is 0 Å². The minimum atomic E-state index is -0.448. The molecule has 0 spiro atoms. The van der Waals surface area contributed by atoms with E-state index in [9.17, 15) is 0 Å². The third-order valence-electron chi connectivity index (χ3n) is 3.00. The molecule has 0 atom stereocenters. The molecular weight excluding hydrogens is 254 g/mol. The number of aromatic nitrogens is 3. The van der Waals surface area contributed by atoms with Crippen LogP contribution in [0.5, 0.6) is 0 Å². The Morgan fingerprint density at radius 1 is 1.20 bits per heavy atom. The Balaban J connectivity index is 2.61. The largest absolute Gasteiger partial charge is 0.346 e. The highest BCUT2D eigenvalue weighted by atomic mass is 16.7. The van der Waals surface area contributed by atoms with Gasteiger partial charge >= 0.3 is 0 Å². The normalized spacial score (nSPS) is 12.5. The van der Waals surface area contributed by atoms with Crippen molar-refractivity contribution in [1.82, 2.24) is 14.5 Å². The Morgan fingerprint density at radius 2 is 1.85 bits per heavy atom. The van der Waals surface area contributed by atoms with E-state index in [-0.39, 0.29) is 5.54 Å². The summed E-state index contributed by atoms with van der Waals surface area (Å²) in [5.74, 6) is 0.796. The molecule has 110 valence electrons. The van der Waals surface area contributed by atoms with Gasteiger partial charge in [-0.05, 0) is 40.7 Å². The molecule has 0 saturated heterocycles. The van der Waals surface area contributed by atoms with Crippen LogP contribution in [0.15, 0.2) is 18.5 Å². The lowest BCUT2D eigenvalue weighted by Gasteiger charge is -2.27. The fourth-order valence-electron chi connectivity index (χ4n) is 2.31. The van der Waals surface area contributed by atoms with Crippen molar-refractivity contribution in [3.8, 4) is 0 Å². The number of rotatable bonds is 5. The molecule has 0 unspecified atom stereocenters. The zero-order valence-electron chi connectivity index (χ0n) is 12.9. The van der Waals surface area contributed by atoms with Gasteiger partial charge in [0.1, 0.15) is 5.52 Å². The van der Waals surface area contributed by atoms with Gasteiger partial charge in [0.25, 0.3) is 0 Å². The number of fused-ring (bicyclic) bond motifs is 1. The first-order chi connectivity index (χ1) is 9.49. The van der Waals surface area contributed by atoms with E-state index in [1.165, 1.54) is 0 Å². The van der Waals surface area contributed by atoms with E-state index in [1.54, 1.807) is 12.4 Å². The maximum Gasteiger partial charge on any atom is 0.217 e. The molecular formula is C15H23N3O2. The quantitative estimate of drug-likeness (QED) is 0.787. The van der Waals surface area contributed by atoms with Crippen LogP contribution in [0.3, 0.4) is 0 Å². The van der Waals surface area contributed by atoms with Gasteiger partial charge in [-0.15, -0.1) is 0 Å². The molecule has 0 aliphatic heterocycles. The van der Waals surface area contributed by atoms with E-state index in [2.05, 4.69) is 35.3 Å². The summed E-state index contributed by atoms with van der Waals surface area (Å²) in [4.78, 5) is 8.81. The molecule has 5 nitrogen and oxygen atoms in total. The standard InChI is InChI=1S/C15H23N3O2/c1-6-19-14(20-7-2)13-17-11-10-16-9-8-12(11)18(13)15(3,4)5/h8-10,14H,6-7H2,1-5H3. The molecule has 20 heavy (non-hydrogen) atoms. The molecule has 2 aromatic rings. The van der Waals surface area contributed by atoms with Gasteiger partial charge in [0, 0.05) is 24.9 Å². The highest BCUT2D eigenvalue weighted by Crippen LogP contribution is 2.29. The maximum absolute atomic E-state index is 5.71. The Hall–Kier alpha value is -1.46. The Labute approximate surface area is 119 Å². The Morgan fingerprint density at radius 3 is 2.40 bits per heavy atom. The molecule has 2 rings (SSSR count). The minimum absolute atomic E-state index is 0.113. The van der Waals surface area contributed by atoms with E-state index >= 15 is 0 Å². The SMILES string of the molecule is CCOC(OCC)c1nc2cnccc2n1C(C)(C)C. The first-order valence-electron chi connectivity index (χ1n) is 7.05. The summed E-state index contributed by atoms with van der Waals surface area (Å²) in [5.41, 5.74) is 1.80. The zero-order valence-corrected chi connectivity index (χ0v) is 12.9. The van der Waals surface area contributed by atoms with E-state index in [0.29, 0.717) is 13.2 Å². The van der Waals surface area contributed by atoms with Crippen LogP contribution in [0.1, 0.15) is 46.7 Å². The smallest absolute Gasteiger partial charge is 0.217 e. The Bertz CT molecular complexity index is 566. The minimum Gasteiger partial charge on any atom is -0.346 e. The molecule has 0 saturated carbocycles. The van der Waals surface area contributed by atoms with Gasteiger partial charge in [-0.25, -0.2) is 4.98 Å². The fourth-order valence-corrected chi connectivity index (χ4v) is 2.31. The molecule has 0 aromatic carbocycles. The van der Waals surface area contributed by atoms with Crippen molar-refractivity contribution in [2.45, 2.75) is 46.4 Å². The topological polar surface area (TPSA) is 49.2 Å². The first-order valence-corrected chi connectivity index (χ1v) is 7.05. The first kappa shape index (κ1) is 14.9. The number of hydrogen-bond donors (Lipinski definition) is 0. The number of imidazole rings is 1. The summed E-state index contributed by atoms with van der Waals surface area (Å²) in [6.07, 6.45) is 3.11. The van der Waals surface area contributed by atoms with Crippen molar-refractivity contribution in [3.63, 3.8) is 0 Å². The van der Waals surface area contributed by atoms with Crippen LogP contribution >= 0.6 is 0 Å². The van der Waals surface area contributed by atoms with Crippen LogP contribution in [0, 0.1) is 0 Å². The summed E-state index contributed by atoms with van der Waals surface area (Å²) in [6.45, 7) is 11.5. The van der Waals surface area contributed by atoms with Crippen molar-refractivity contribution in [3.05, 3.63) is 24.3 Å². The monoisotopic (exact) mass is 277 g/mol. The third kappa shape index (κ3) is 2.83. The van der Waals surface area contributed by atoms with Crippen molar-refractivity contribution in [1.29, 1.82) is 0 Å². The summed E-state index contributed by atoms with van der Waals surface area (Å²) in [6, 6.07) is 1.98. The molecule has 0 aliphatic carbocycles. The molecule has 0 fully saturated rings. The molecule has 0 radical (unpaired) electrons. The summed E-state index contributed by atoms with van der Waals surface area (Å²) < 4.78 is 13.6. The number of nitrogens with zero attached hydrogens (tertiary/aromatic N) is 3. The molecule has 0 amide bonds. The zero-order chi connectivity index (χ0) is 14.8. The average molecular weight is 277 g/mol. The predicted octanol–water partition coefficient (Wildman–Crippen LogP) is 3.26. The number of pyridine rings is 1. The summed E-state index contributed by atoms with van der Waals surface area (Å²) in [5, 5.41) is 0. The van der Waals surface area contributed by atoms with E-state index in [4.69, 9.17) is 9.47 Å². The van der Waals surface area contributed by atoms with Crippen LogP contribution < -0.4 is 0 Å². The van der Waals surface area contributed by atoms with Crippen molar-refractivity contribution >= 4 is 11.0 Å². The maximum atomic E-state index is 5.71. The lowest BCUT2D eigenvalue weighted by molar-refractivity contribution is -0.147. The van der Waals surface area contributed by atoms with Crippen LogP contribution in [-0.2, 0) is 15.0 Å². The fraction of sp³-hybridized carbons (Fsp3) is 0.600. The second-order valence-electron chi connectivity index (χ2n) is 5.58. The third-order valence-corrected chi connectivity index (χ3v) is 3.00. The lowest BCUT2D eigenvalue weighted by atomic mass is 10.1. The van der Waals surface area contributed by atoms with E-state index < -0.39 is 6.29 Å². The molecule has 0 bridgehead atoms. The van der Waals surface area contributed by atoms with Gasteiger partial charge in [0.05, 0.1) is 11.7 Å². The van der Waals surface area contributed by atoms with Crippen molar-refractivity contribution in [2.75, 3.05) is 13.2 Å². The van der Waals surface area contributed by atoms with Gasteiger partial charge in [-0.2, -0.15) is 0 Å². The second-order valence-corrected chi connectivity index (χ2v) is 5.58. The van der Waals surface area contributed by atoms with Gasteiger partial charge < -0.3 is 14.0 Å². The van der Waals surface area contributed by atoms with Crippen molar-refractivity contribution < 1.29 is 9.47 Å². The summed E-state index contributed by atoms with van der Waals surface area (Å²) >= 11 is 0. The van der Waals surface area contributed by atoms with Crippen LogP contribution in [0.2, 0.25) is 0 Å². The van der Waals surface area contributed by atoms with Crippen LogP contribution in [0.4, 0.5) is 0 Å². The molecule has 2 heterocycles. The van der Waals surface area contributed by atoms with Crippen molar-refractivity contribution in [2.24, 2.45) is 0 Å². The van der Waals surface area contributed by atoms with Gasteiger partial charge in [0.2, 0.25) is 6.29 Å². The van der Waals surface area contributed by atoms with Gasteiger partial charge in [-0.3, -0.25) is 4.98 Å². The molecule has 0 aliphatic rings. The lowest BCUT2D eigenvalue weighted by Crippen LogP contribution is -2.27. The van der Waals surface area contributed by atoms with Crippen LogP contribution in [0.25, 0.3) is 11.0 Å².